The molecule has 0 saturated carbocycles. The van der Waals surface area contributed by atoms with E-state index in [1.54, 1.807) is 0 Å². The maximum atomic E-state index is 12.6. The van der Waals surface area contributed by atoms with Gasteiger partial charge < -0.3 is 10.2 Å². The zero-order chi connectivity index (χ0) is 12.7. The highest BCUT2D eigenvalue weighted by atomic mass is 19.1. The van der Waals surface area contributed by atoms with E-state index in [4.69, 9.17) is 0 Å². The first-order chi connectivity index (χ1) is 8.09. The molecule has 1 N–H and O–H groups in total. The third-order valence-electron chi connectivity index (χ3n) is 2.41. The van der Waals surface area contributed by atoms with Crippen molar-refractivity contribution in [3.8, 4) is 0 Å². The average molecular weight is 238 g/mol. The lowest BCUT2D eigenvalue weighted by molar-refractivity contribution is 0.0991. The molecule has 17 heavy (non-hydrogen) atoms. The van der Waals surface area contributed by atoms with E-state index in [2.05, 4.69) is 10.2 Å². The van der Waals surface area contributed by atoms with E-state index in [1.807, 2.05) is 14.1 Å². The third-order valence-corrected chi connectivity index (χ3v) is 2.41. The smallest absolute Gasteiger partial charge is 0.176 e. The van der Waals surface area contributed by atoms with Crippen molar-refractivity contribution in [1.29, 1.82) is 0 Å². The maximum absolute atomic E-state index is 12.6. The first-order valence-corrected chi connectivity index (χ1v) is 5.74. The van der Waals surface area contributed by atoms with Crippen LogP contribution < -0.4 is 5.32 Å². The molecule has 3 nitrogen and oxygen atoms in total. The quantitative estimate of drug-likeness (QED) is 0.578. The number of benzene rings is 1. The minimum Gasteiger partial charge on any atom is -0.310 e. The van der Waals surface area contributed by atoms with Crippen molar-refractivity contribution in [2.24, 2.45) is 0 Å². The summed E-state index contributed by atoms with van der Waals surface area (Å²) >= 11 is 0. The van der Waals surface area contributed by atoms with Gasteiger partial charge in [0.1, 0.15) is 5.82 Å². The largest absolute Gasteiger partial charge is 0.310 e. The number of hydrogen-bond acceptors (Lipinski definition) is 3. The molecule has 0 aliphatic heterocycles. The van der Waals surface area contributed by atoms with Crippen molar-refractivity contribution in [1.82, 2.24) is 10.2 Å². The van der Waals surface area contributed by atoms with E-state index in [1.165, 1.54) is 24.3 Å². The Morgan fingerprint density at radius 2 is 1.94 bits per heavy atom. The van der Waals surface area contributed by atoms with Gasteiger partial charge in [-0.15, -0.1) is 0 Å². The highest BCUT2D eigenvalue weighted by Crippen LogP contribution is 2.02. The van der Waals surface area contributed by atoms with Crippen molar-refractivity contribution in [2.75, 3.05) is 33.7 Å². The Labute approximate surface area is 102 Å². The van der Waals surface area contributed by atoms with E-state index >= 15 is 0 Å². The first kappa shape index (κ1) is 13.8. The SMILES string of the molecule is CN(C)CCCNCC(=O)c1ccc(F)cc1. The van der Waals surface area contributed by atoms with Crippen LogP contribution in [0, 0.1) is 5.82 Å². The number of rotatable bonds is 7. The molecule has 0 radical (unpaired) electrons. The minimum atomic E-state index is -0.319. The van der Waals surface area contributed by atoms with Gasteiger partial charge in [0.15, 0.2) is 5.78 Å². The number of ketones is 1. The molecule has 4 heteroatoms. The van der Waals surface area contributed by atoms with E-state index in [0.29, 0.717) is 12.1 Å². The van der Waals surface area contributed by atoms with E-state index in [0.717, 1.165) is 19.5 Å². The van der Waals surface area contributed by atoms with Crippen LogP contribution in [0.2, 0.25) is 0 Å². The molecule has 1 aromatic rings. The van der Waals surface area contributed by atoms with Crippen LogP contribution in [0.1, 0.15) is 16.8 Å². The van der Waals surface area contributed by atoms with Crippen LogP contribution in [0.4, 0.5) is 4.39 Å². The van der Waals surface area contributed by atoms with Gasteiger partial charge in [-0.1, -0.05) is 0 Å². The number of nitrogens with zero attached hydrogens (tertiary/aromatic N) is 1. The molecule has 1 aromatic carbocycles. The van der Waals surface area contributed by atoms with Crippen LogP contribution >= 0.6 is 0 Å². The van der Waals surface area contributed by atoms with Gasteiger partial charge in [-0.05, 0) is 57.9 Å². The summed E-state index contributed by atoms with van der Waals surface area (Å²) in [6, 6.07) is 5.64. The molecule has 0 aliphatic carbocycles. The van der Waals surface area contributed by atoms with Crippen molar-refractivity contribution >= 4 is 5.78 Å². The summed E-state index contributed by atoms with van der Waals surface area (Å²) in [5, 5.41) is 3.08. The van der Waals surface area contributed by atoms with Gasteiger partial charge in [-0.2, -0.15) is 0 Å². The Kier molecular flexibility index (Phi) is 5.80. The average Bonchev–Trinajstić information content (AvgIpc) is 2.29. The number of halogens is 1. The van der Waals surface area contributed by atoms with Gasteiger partial charge in [0, 0.05) is 5.56 Å². The summed E-state index contributed by atoms with van der Waals surface area (Å²) in [4.78, 5) is 13.8. The summed E-state index contributed by atoms with van der Waals surface area (Å²) in [6.45, 7) is 2.11. The lowest BCUT2D eigenvalue weighted by Crippen LogP contribution is -2.26. The molecular formula is C13H19FN2O. The first-order valence-electron chi connectivity index (χ1n) is 5.74. The normalized spacial score (nSPS) is 10.8. The molecule has 0 amide bonds. The Bertz CT molecular complexity index is 349. The van der Waals surface area contributed by atoms with E-state index in [9.17, 15) is 9.18 Å². The summed E-state index contributed by atoms with van der Waals surface area (Å²) in [5.74, 6) is -0.324. The fourth-order valence-electron chi connectivity index (χ4n) is 1.46. The zero-order valence-electron chi connectivity index (χ0n) is 10.4. The molecule has 1 rings (SSSR count). The number of carbonyl (C=O) groups excluding carboxylic acids is 1. The Hall–Kier alpha value is -1.26. The van der Waals surface area contributed by atoms with Crippen LogP contribution in [0.15, 0.2) is 24.3 Å². The lowest BCUT2D eigenvalue weighted by Gasteiger charge is -2.09. The van der Waals surface area contributed by atoms with Gasteiger partial charge >= 0.3 is 0 Å². The second-order valence-electron chi connectivity index (χ2n) is 4.26. The summed E-state index contributed by atoms with van der Waals surface area (Å²) in [5.41, 5.74) is 0.548. The van der Waals surface area contributed by atoms with Crippen molar-refractivity contribution in [3.05, 3.63) is 35.6 Å². The molecule has 0 fully saturated rings. The second-order valence-corrected chi connectivity index (χ2v) is 4.26. The molecule has 0 heterocycles. The number of carbonyl (C=O) groups is 1. The van der Waals surface area contributed by atoms with Crippen molar-refractivity contribution < 1.29 is 9.18 Å². The van der Waals surface area contributed by atoms with Gasteiger partial charge in [-0.3, -0.25) is 4.79 Å². The summed E-state index contributed by atoms with van der Waals surface area (Å²) in [7, 11) is 4.04. The summed E-state index contributed by atoms with van der Waals surface area (Å²) < 4.78 is 12.6. The molecular weight excluding hydrogens is 219 g/mol. The lowest BCUT2D eigenvalue weighted by atomic mass is 10.1. The Morgan fingerprint density at radius 1 is 1.29 bits per heavy atom. The van der Waals surface area contributed by atoms with Gasteiger partial charge in [0.05, 0.1) is 6.54 Å². The highest BCUT2D eigenvalue weighted by Gasteiger charge is 2.04. The molecule has 0 bridgehead atoms. The van der Waals surface area contributed by atoms with Crippen LogP contribution in [0.5, 0.6) is 0 Å². The van der Waals surface area contributed by atoms with E-state index in [-0.39, 0.29) is 11.6 Å². The van der Waals surface area contributed by atoms with Gasteiger partial charge in [-0.25, -0.2) is 4.39 Å². The third kappa shape index (κ3) is 5.56. The molecule has 0 atom stereocenters. The van der Waals surface area contributed by atoms with Crippen LogP contribution in [-0.2, 0) is 0 Å². The highest BCUT2D eigenvalue weighted by molar-refractivity contribution is 5.97. The standard InChI is InChI=1S/C13H19FN2O/c1-16(2)9-3-8-15-10-13(17)11-4-6-12(14)7-5-11/h4-7,15H,3,8-10H2,1-2H3. The van der Waals surface area contributed by atoms with Crippen LogP contribution in [0.3, 0.4) is 0 Å². The van der Waals surface area contributed by atoms with Gasteiger partial charge in [0.25, 0.3) is 0 Å². The maximum Gasteiger partial charge on any atom is 0.176 e. The van der Waals surface area contributed by atoms with Crippen LogP contribution in [-0.4, -0.2) is 44.4 Å². The molecule has 0 spiro atoms. The van der Waals surface area contributed by atoms with E-state index < -0.39 is 0 Å². The number of nitrogens with one attached hydrogen (secondary N) is 1. The van der Waals surface area contributed by atoms with Gasteiger partial charge in [0.2, 0.25) is 0 Å². The zero-order valence-corrected chi connectivity index (χ0v) is 10.4. The predicted molar refractivity (Wildman–Crippen MR) is 66.8 cm³/mol. The Balaban J connectivity index is 2.23. The van der Waals surface area contributed by atoms with Crippen molar-refractivity contribution in [2.45, 2.75) is 6.42 Å². The molecule has 0 unspecified atom stereocenters. The second kappa shape index (κ2) is 7.14. The molecule has 0 aromatic heterocycles. The number of Topliss-reactive ketones (excluding diaryl/α,β-unsaturated/α-hetero) is 1. The molecule has 0 saturated heterocycles. The minimum absolute atomic E-state index is 0.00477. The van der Waals surface area contributed by atoms with Crippen molar-refractivity contribution in [3.63, 3.8) is 0 Å². The topological polar surface area (TPSA) is 32.3 Å². The molecule has 94 valence electrons. The Morgan fingerprint density at radius 3 is 2.53 bits per heavy atom. The molecule has 0 aliphatic rings. The summed E-state index contributed by atoms with van der Waals surface area (Å²) in [6.07, 6.45) is 1.00. The predicted octanol–water partition coefficient (Wildman–Crippen LogP) is 1.55. The van der Waals surface area contributed by atoms with Crippen LogP contribution in [0.25, 0.3) is 0 Å². The number of hydrogen-bond donors (Lipinski definition) is 1. The fourth-order valence-corrected chi connectivity index (χ4v) is 1.46. The monoisotopic (exact) mass is 238 g/mol. The fraction of sp³-hybridized carbons (Fsp3) is 0.462.